The molecule has 10 heteroatoms. The van der Waals surface area contributed by atoms with Crippen LogP contribution in [-0.2, 0) is 20.2 Å². The maximum absolute atomic E-state index is 13.3. The van der Waals surface area contributed by atoms with E-state index in [1.54, 1.807) is 18.1 Å². The van der Waals surface area contributed by atoms with E-state index < -0.39 is 15.4 Å². The Labute approximate surface area is 189 Å². The predicted molar refractivity (Wildman–Crippen MR) is 122 cm³/mol. The standard InChI is InChI=1S/C22H23N3O5S2/c1-30-16-4-2-15(3-5-16)22(8-9-22)20(26)24-10-12-25(13-11-24)32(28,29)17-6-7-18-19(14-17)31-21(27)23-18/h2-7,14H,8-13H2,1H3,(H,23,27). The van der Waals surface area contributed by atoms with Gasteiger partial charge in [-0.05, 0) is 48.7 Å². The highest BCUT2D eigenvalue weighted by atomic mass is 32.2. The van der Waals surface area contributed by atoms with Crippen LogP contribution >= 0.6 is 11.3 Å². The van der Waals surface area contributed by atoms with Crippen LogP contribution in [0.5, 0.6) is 5.75 Å². The summed E-state index contributed by atoms with van der Waals surface area (Å²) in [6, 6.07) is 12.3. The molecule has 0 unspecified atom stereocenters. The molecule has 32 heavy (non-hydrogen) atoms. The topological polar surface area (TPSA) is 99.8 Å². The summed E-state index contributed by atoms with van der Waals surface area (Å²) < 4.78 is 33.5. The van der Waals surface area contributed by atoms with Gasteiger partial charge < -0.3 is 14.6 Å². The van der Waals surface area contributed by atoms with Crippen molar-refractivity contribution in [3.63, 3.8) is 0 Å². The third-order valence-corrected chi connectivity index (χ3v) is 9.10. The molecule has 2 fully saturated rings. The fraction of sp³-hybridized carbons (Fsp3) is 0.364. The van der Waals surface area contributed by atoms with Crippen LogP contribution in [0.25, 0.3) is 10.2 Å². The van der Waals surface area contributed by atoms with E-state index in [0.29, 0.717) is 23.3 Å². The highest BCUT2D eigenvalue weighted by Gasteiger charge is 2.53. The fourth-order valence-corrected chi connectivity index (χ4v) is 6.63. The number of aromatic nitrogens is 1. The summed E-state index contributed by atoms with van der Waals surface area (Å²) in [6.45, 7) is 1.20. The largest absolute Gasteiger partial charge is 0.497 e. The maximum atomic E-state index is 13.3. The van der Waals surface area contributed by atoms with Crippen LogP contribution < -0.4 is 9.61 Å². The molecule has 1 saturated carbocycles. The first kappa shape index (κ1) is 21.2. The second-order valence-electron chi connectivity index (χ2n) is 8.18. The number of fused-ring (bicyclic) bond motifs is 1. The average molecular weight is 474 g/mol. The smallest absolute Gasteiger partial charge is 0.305 e. The van der Waals surface area contributed by atoms with E-state index in [1.807, 2.05) is 24.3 Å². The predicted octanol–water partition coefficient (Wildman–Crippen LogP) is 2.16. The van der Waals surface area contributed by atoms with Crippen LogP contribution in [0, 0.1) is 0 Å². The average Bonchev–Trinajstić information content (AvgIpc) is 3.53. The number of hydrogen-bond acceptors (Lipinski definition) is 6. The second-order valence-corrected chi connectivity index (χ2v) is 11.1. The Morgan fingerprint density at radius 1 is 1.06 bits per heavy atom. The monoisotopic (exact) mass is 473 g/mol. The van der Waals surface area contributed by atoms with Gasteiger partial charge in [0.25, 0.3) is 0 Å². The Bertz CT molecular complexity index is 1330. The van der Waals surface area contributed by atoms with Gasteiger partial charge in [0.05, 0.1) is 27.6 Å². The molecule has 2 aliphatic rings. The van der Waals surface area contributed by atoms with Gasteiger partial charge in [0.1, 0.15) is 5.75 Å². The third-order valence-electron chi connectivity index (χ3n) is 6.36. The van der Waals surface area contributed by atoms with Crippen LogP contribution in [0.2, 0.25) is 0 Å². The highest BCUT2D eigenvalue weighted by molar-refractivity contribution is 7.89. The molecule has 2 aromatic carbocycles. The summed E-state index contributed by atoms with van der Waals surface area (Å²) in [4.78, 5) is 29.2. The first-order chi connectivity index (χ1) is 15.3. The van der Waals surface area contributed by atoms with Gasteiger partial charge in [-0.2, -0.15) is 4.31 Å². The van der Waals surface area contributed by atoms with Gasteiger partial charge >= 0.3 is 4.87 Å². The van der Waals surface area contributed by atoms with Gasteiger partial charge in [-0.3, -0.25) is 9.59 Å². The molecule has 5 rings (SSSR count). The lowest BCUT2D eigenvalue weighted by atomic mass is 9.94. The molecule has 1 saturated heterocycles. The van der Waals surface area contributed by atoms with Crippen LogP contribution in [0.4, 0.5) is 0 Å². The minimum Gasteiger partial charge on any atom is -0.497 e. The molecule has 3 aromatic rings. The molecule has 1 aromatic heterocycles. The van der Waals surface area contributed by atoms with E-state index >= 15 is 0 Å². The number of hydrogen-bond donors (Lipinski definition) is 1. The van der Waals surface area contributed by atoms with E-state index in [9.17, 15) is 18.0 Å². The molecular weight excluding hydrogens is 450 g/mol. The number of rotatable bonds is 5. The van der Waals surface area contributed by atoms with E-state index in [4.69, 9.17) is 4.74 Å². The zero-order valence-corrected chi connectivity index (χ0v) is 19.2. The van der Waals surface area contributed by atoms with Crippen molar-refractivity contribution >= 4 is 37.5 Å². The van der Waals surface area contributed by atoms with Crippen LogP contribution in [0.3, 0.4) is 0 Å². The minimum atomic E-state index is -3.70. The van der Waals surface area contributed by atoms with Crippen molar-refractivity contribution in [2.75, 3.05) is 33.3 Å². The summed E-state index contributed by atoms with van der Waals surface area (Å²) in [7, 11) is -2.09. The van der Waals surface area contributed by atoms with Crippen molar-refractivity contribution in [2.45, 2.75) is 23.2 Å². The number of piperazine rings is 1. The summed E-state index contributed by atoms with van der Waals surface area (Å²) in [5.41, 5.74) is 1.11. The fourth-order valence-electron chi connectivity index (χ4n) is 4.33. The van der Waals surface area contributed by atoms with Crippen molar-refractivity contribution in [3.8, 4) is 5.75 Å². The molecule has 1 aliphatic carbocycles. The zero-order valence-electron chi connectivity index (χ0n) is 17.5. The molecule has 0 radical (unpaired) electrons. The summed E-state index contributed by atoms with van der Waals surface area (Å²) in [5.74, 6) is 0.819. The number of amides is 1. The van der Waals surface area contributed by atoms with Crippen LogP contribution in [0.1, 0.15) is 18.4 Å². The number of carbonyl (C=O) groups excluding carboxylic acids is 1. The van der Waals surface area contributed by atoms with Gasteiger partial charge in [0, 0.05) is 26.2 Å². The van der Waals surface area contributed by atoms with E-state index in [2.05, 4.69) is 4.98 Å². The first-order valence-corrected chi connectivity index (χ1v) is 12.7. The summed E-state index contributed by atoms with van der Waals surface area (Å²) in [5, 5.41) is 0. The number of sulfonamides is 1. The molecular formula is C22H23N3O5S2. The number of aromatic amines is 1. The minimum absolute atomic E-state index is 0.0678. The van der Waals surface area contributed by atoms with E-state index in [0.717, 1.165) is 35.5 Å². The Morgan fingerprint density at radius 2 is 1.75 bits per heavy atom. The van der Waals surface area contributed by atoms with E-state index in [1.165, 1.54) is 16.4 Å². The Balaban J connectivity index is 1.29. The number of carbonyl (C=O) groups is 1. The van der Waals surface area contributed by atoms with Gasteiger partial charge in [-0.1, -0.05) is 23.5 Å². The van der Waals surface area contributed by atoms with Gasteiger partial charge in [0.15, 0.2) is 0 Å². The molecule has 1 N–H and O–H groups in total. The zero-order chi connectivity index (χ0) is 22.5. The molecule has 168 valence electrons. The maximum Gasteiger partial charge on any atom is 0.305 e. The number of ether oxygens (including phenoxy) is 1. The van der Waals surface area contributed by atoms with Gasteiger partial charge in [-0.15, -0.1) is 0 Å². The third kappa shape index (κ3) is 3.52. The first-order valence-electron chi connectivity index (χ1n) is 10.4. The lowest BCUT2D eigenvalue weighted by Crippen LogP contribution is -2.52. The lowest BCUT2D eigenvalue weighted by Gasteiger charge is -2.36. The number of nitrogens with zero attached hydrogens (tertiary/aromatic N) is 2. The van der Waals surface area contributed by atoms with Crippen LogP contribution in [0.15, 0.2) is 52.2 Å². The summed E-state index contributed by atoms with van der Waals surface area (Å²) >= 11 is 0.988. The van der Waals surface area contributed by atoms with Crippen molar-refractivity contribution in [1.82, 2.24) is 14.2 Å². The van der Waals surface area contributed by atoms with Crippen molar-refractivity contribution in [1.29, 1.82) is 0 Å². The van der Waals surface area contributed by atoms with Crippen LogP contribution in [-0.4, -0.2) is 61.8 Å². The Hall–Kier alpha value is -2.69. The Morgan fingerprint density at radius 3 is 2.38 bits per heavy atom. The SMILES string of the molecule is COc1ccc(C2(C(=O)N3CCN(S(=O)(=O)c4ccc5[nH]c(=O)sc5c4)CC3)CC2)cc1. The number of thiazole rings is 1. The molecule has 1 amide bonds. The highest BCUT2D eigenvalue weighted by Crippen LogP contribution is 2.50. The second kappa shape index (κ2) is 7.72. The van der Waals surface area contributed by atoms with Gasteiger partial charge in [0.2, 0.25) is 15.9 Å². The normalized spacial score (nSPS) is 18.6. The number of methoxy groups -OCH3 is 1. The lowest BCUT2D eigenvalue weighted by molar-refractivity contribution is -0.135. The van der Waals surface area contributed by atoms with Crippen molar-refractivity contribution < 1.29 is 17.9 Å². The molecule has 0 bridgehead atoms. The summed E-state index contributed by atoms with van der Waals surface area (Å²) in [6.07, 6.45) is 1.60. The molecule has 1 aliphatic heterocycles. The van der Waals surface area contributed by atoms with E-state index in [-0.39, 0.29) is 28.8 Å². The van der Waals surface area contributed by atoms with Crippen molar-refractivity contribution in [2.24, 2.45) is 0 Å². The Kier molecular flexibility index (Phi) is 5.11. The number of nitrogens with one attached hydrogen (secondary N) is 1. The number of benzene rings is 2. The quantitative estimate of drug-likeness (QED) is 0.612. The molecule has 0 spiro atoms. The van der Waals surface area contributed by atoms with Gasteiger partial charge in [-0.25, -0.2) is 8.42 Å². The van der Waals surface area contributed by atoms with Crippen molar-refractivity contribution in [3.05, 3.63) is 57.7 Å². The molecule has 8 nitrogen and oxygen atoms in total. The number of H-pyrrole nitrogens is 1. The molecule has 2 heterocycles. The molecule has 0 atom stereocenters.